The molecule has 12 aromatic rings. The summed E-state index contributed by atoms with van der Waals surface area (Å²) in [5, 5.41) is 6.14. The second-order valence-electron chi connectivity index (χ2n) is 21.8. The van der Waals surface area contributed by atoms with E-state index >= 15 is 8.78 Å². The molecule has 78 heavy (non-hydrogen) atoms. The molecule has 0 fully saturated rings. The van der Waals surface area contributed by atoms with Crippen LogP contribution in [0.3, 0.4) is 0 Å². The highest BCUT2D eigenvalue weighted by atomic mass is 19.1. The normalized spacial score (nSPS) is 11.6. The van der Waals surface area contributed by atoms with Gasteiger partial charge in [-0.3, -0.25) is 0 Å². The zero-order valence-corrected chi connectivity index (χ0v) is 46.1. The maximum absolute atomic E-state index is 17.2. The van der Waals surface area contributed by atoms with Crippen molar-refractivity contribution >= 4 is 66.4 Å². The van der Waals surface area contributed by atoms with Crippen molar-refractivity contribution in [3.63, 3.8) is 0 Å². The summed E-state index contributed by atoms with van der Waals surface area (Å²) in [4.78, 5) is 4.25. The molecule has 4 heteroatoms. The molecule has 12 rings (SSSR count). The molecule has 0 spiro atoms. The van der Waals surface area contributed by atoms with Gasteiger partial charge in [0, 0.05) is 22.1 Å². The predicted octanol–water partition coefficient (Wildman–Crippen LogP) is 21.6. The van der Waals surface area contributed by atoms with Gasteiger partial charge < -0.3 is 9.80 Å². The minimum absolute atomic E-state index is 0.312. The Labute approximate surface area is 457 Å². The van der Waals surface area contributed by atoms with Gasteiger partial charge in [0.25, 0.3) is 0 Å². The number of halogens is 2. The third-order valence-electron chi connectivity index (χ3n) is 16.2. The number of nitrogens with zero attached hydrogens (tertiary/aromatic N) is 2. The summed E-state index contributed by atoms with van der Waals surface area (Å²) in [7, 11) is 0. The Morgan fingerprint density at radius 1 is 0.269 bits per heavy atom. The molecule has 2 nitrogen and oxygen atoms in total. The van der Waals surface area contributed by atoms with E-state index in [-0.39, 0.29) is 11.6 Å². The Kier molecular flexibility index (Phi) is 12.6. The molecular formula is C74H62F2N2. The number of anilines is 6. The SMILES string of the molecule is Cc1ccc(N(c2cc(-c3c(C)cccc3C)cc(-c3c(C)cccc3C)c2)c2ccc3ccc4c(N(c5cc(-c6c(C)cccc6C)cc(-c6c(C)cccc6C)c5)c5ccc(C)cc5F)ccc5ccc2c3c54)c(F)c1. The van der Waals surface area contributed by atoms with Crippen molar-refractivity contribution in [2.24, 2.45) is 0 Å². The maximum atomic E-state index is 17.2. The first-order chi connectivity index (χ1) is 37.6. The molecule has 0 aliphatic carbocycles. The van der Waals surface area contributed by atoms with Crippen LogP contribution < -0.4 is 9.80 Å². The molecule has 0 atom stereocenters. The lowest BCUT2D eigenvalue weighted by Gasteiger charge is -2.31. The van der Waals surface area contributed by atoms with Gasteiger partial charge in [-0.15, -0.1) is 0 Å². The average Bonchev–Trinajstić information content (AvgIpc) is 3.59. The third-order valence-corrected chi connectivity index (χ3v) is 16.2. The number of rotatable bonds is 10. The van der Waals surface area contributed by atoms with Gasteiger partial charge in [0.05, 0.1) is 22.7 Å². The summed E-state index contributed by atoms with van der Waals surface area (Å²) in [6.07, 6.45) is 0. The quantitative estimate of drug-likeness (QED) is 0.126. The fraction of sp³-hybridized carbons (Fsp3) is 0.135. The van der Waals surface area contributed by atoms with Gasteiger partial charge in [0.2, 0.25) is 0 Å². The van der Waals surface area contributed by atoms with Gasteiger partial charge in [0.15, 0.2) is 0 Å². The molecule has 0 saturated heterocycles. The lowest BCUT2D eigenvalue weighted by Crippen LogP contribution is -2.14. The zero-order valence-electron chi connectivity index (χ0n) is 46.1. The maximum Gasteiger partial charge on any atom is 0.147 e. The first-order valence-corrected chi connectivity index (χ1v) is 27.0. The van der Waals surface area contributed by atoms with Crippen molar-refractivity contribution < 1.29 is 8.78 Å². The molecule has 0 aromatic heterocycles. The molecule has 0 amide bonds. The summed E-state index contributed by atoms with van der Waals surface area (Å²) in [5.74, 6) is -0.624. The van der Waals surface area contributed by atoms with Crippen LogP contribution in [0.2, 0.25) is 0 Å². The van der Waals surface area contributed by atoms with E-state index in [0.29, 0.717) is 11.4 Å². The summed E-state index contributed by atoms with van der Waals surface area (Å²) in [6.45, 7) is 21.2. The zero-order chi connectivity index (χ0) is 54.3. The van der Waals surface area contributed by atoms with Crippen LogP contribution in [0, 0.1) is 80.9 Å². The summed E-state index contributed by atoms with van der Waals surface area (Å²) >= 11 is 0. The van der Waals surface area contributed by atoms with Gasteiger partial charge >= 0.3 is 0 Å². The van der Waals surface area contributed by atoms with Gasteiger partial charge in [-0.1, -0.05) is 121 Å². The second kappa shape index (κ2) is 19.6. The monoisotopic (exact) mass is 1020 g/mol. The number of hydrogen-bond donors (Lipinski definition) is 0. The summed E-state index contributed by atoms with van der Waals surface area (Å²) in [6, 6.07) is 67.8. The van der Waals surface area contributed by atoms with Gasteiger partial charge in [-0.2, -0.15) is 0 Å². The number of benzene rings is 12. The van der Waals surface area contributed by atoms with Crippen LogP contribution in [0.25, 0.3) is 76.8 Å². The molecule has 0 bridgehead atoms. The van der Waals surface area contributed by atoms with Crippen LogP contribution in [0.4, 0.5) is 42.9 Å². The summed E-state index contributed by atoms with van der Waals surface area (Å²) < 4.78 is 34.4. The van der Waals surface area contributed by atoms with Crippen LogP contribution in [0.1, 0.15) is 55.6 Å². The largest absolute Gasteiger partial charge is 0.307 e. The predicted molar refractivity (Wildman–Crippen MR) is 329 cm³/mol. The van der Waals surface area contributed by atoms with E-state index in [2.05, 4.69) is 223 Å². The van der Waals surface area contributed by atoms with Crippen LogP contribution in [-0.4, -0.2) is 0 Å². The minimum atomic E-state index is -0.312. The highest BCUT2D eigenvalue weighted by Gasteiger charge is 2.27. The van der Waals surface area contributed by atoms with Gasteiger partial charge in [-0.25, -0.2) is 8.78 Å². The Morgan fingerprint density at radius 3 is 0.821 bits per heavy atom. The highest BCUT2D eigenvalue weighted by molar-refractivity contribution is 6.28. The molecule has 0 aliphatic heterocycles. The van der Waals surface area contributed by atoms with Crippen molar-refractivity contribution in [1.82, 2.24) is 0 Å². The molecular weight excluding hydrogens is 955 g/mol. The third kappa shape index (κ3) is 8.57. The van der Waals surface area contributed by atoms with Crippen LogP contribution in [0.15, 0.2) is 194 Å². The van der Waals surface area contributed by atoms with Crippen molar-refractivity contribution in [2.75, 3.05) is 9.80 Å². The molecule has 0 radical (unpaired) electrons. The van der Waals surface area contributed by atoms with E-state index in [4.69, 9.17) is 0 Å². The highest BCUT2D eigenvalue weighted by Crippen LogP contribution is 2.51. The standard InChI is InChI=1S/C74H62F2N2/c1-43-23-31-67(63(75)35-43)77(59-39-55(69-45(3)15-11-16-46(69)4)37-56(40-59)70-47(5)17-12-18-48(70)6)65-33-27-53-26-30-62-66(34-28-54-25-29-61(65)73(53)74(54)62)78(68-32-24-44(2)36-64(68)76)60-41-57(71-49(7)19-13-20-50(71)8)38-58(42-60)72-51(9)21-14-22-52(72)10/h11-42H,1-10H3. The van der Waals surface area contributed by atoms with Gasteiger partial charge in [0.1, 0.15) is 11.6 Å². The molecule has 0 saturated carbocycles. The smallest absolute Gasteiger partial charge is 0.147 e. The second-order valence-corrected chi connectivity index (χ2v) is 21.8. The van der Waals surface area contributed by atoms with Crippen LogP contribution in [-0.2, 0) is 0 Å². The van der Waals surface area contributed by atoms with Crippen molar-refractivity contribution in [3.8, 4) is 44.5 Å². The van der Waals surface area contributed by atoms with Crippen molar-refractivity contribution in [3.05, 3.63) is 261 Å². The summed E-state index contributed by atoms with van der Waals surface area (Å²) in [5.41, 5.74) is 24.2. The van der Waals surface area contributed by atoms with E-state index in [0.717, 1.165) is 111 Å². The molecule has 0 aliphatic rings. The fourth-order valence-electron chi connectivity index (χ4n) is 12.7. The molecule has 382 valence electrons. The van der Waals surface area contributed by atoms with E-state index in [1.165, 1.54) is 44.5 Å². The van der Waals surface area contributed by atoms with E-state index in [1.807, 2.05) is 38.1 Å². The van der Waals surface area contributed by atoms with Crippen molar-refractivity contribution in [1.29, 1.82) is 0 Å². The van der Waals surface area contributed by atoms with E-state index < -0.39 is 0 Å². The molecule has 12 aromatic carbocycles. The van der Waals surface area contributed by atoms with E-state index in [9.17, 15) is 0 Å². The Balaban J connectivity index is 1.15. The van der Waals surface area contributed by atoms with E-state index in [1.54, 1.807) is 12.1 Å². The Morgan fingerprint density at radius 2 is 0.538 bits per heavy atom. The fourth-order valence-corrected chi connectivity index (χ4v) is 12.7. The lowest BCUT2D eigenvalue weighted by atomic mass is 9.89. The van der Waals surface area contributed by atoms with Crippen LogP contribution in [0.5, 0.6) is 0 Å². The minimum Gasteiger partial charge on any atom is -0.307 e. The Bertz CT molecular complexity index is 3870. The Hall–Kier alpha value is -8.86. The lowest BCUT2D eigenvalue weighted by molar-refractivity contribution is 0.627. The number of aryl methyl sites for hydroxylation is 10. The van der Waals surface area contributed by atoms with Crippen molar-refractivity contribution in [2.45, 2.75) is 69.2 Å². The first kappa shape index (κ1) is 50.0. The number of hydrogen-bond acceptors (Lipinski definition) is 2. The van der Waals surface area contributed by atoms with Gasteiger partial charge in [-0.05, 0) is 264 Å². The average molecular weight is 1020 g/mol. The molecule has 0 N–H and O–H groups in total. The topological polar surface area (TPSA) is 6.48 Å². The van der Waals surface area contributed by atoms with Crippen LogP contribution >= 0.6 is 0 Å². The molecule has 0 heterocycles. The molecule has 0 unspecified atom stereocenters. The first-order valence-electron chi connectivity index (χ1n) is 27.0.